The van der Waals surface area contributed by atoms with E-state index in [0.29, 0.717) is 17.6 Å². The normalized spacial score (nSPS) is 37.1. The van der Waals surface area contributed by atoms with Gasteiger partial charge < -0.3 is 9.47 Å². The lowest BCUT2D eigenvalue weighted by atomic mass is 9.77. The van der Waals surface area contributed by atoms with Gasteiger partial charge in [0.1, 0.15) is 5.75 Å². The van der Waals surface area contributed by atoms with Gasteiger partial charge in [-0.2, -0.15) is 0 Å². The summed E-state index contributed by atoms with van der Waals surface area (Å²) in [6, 6.07) is 8.77. The third-order valence-corrected chi connectivity index (χ3v) is 6.48. The zero-order valence-corrected chi connectivity index (χ0v) is 14.4. The van der Waals surface area contributed by atoms with Crippen LogP contribution in [0.15, 0.2) is 30.5 Å². The molecule has 5 atom stereocenters. The van der Waals surface area contributed by atoms with E-state index in [-0.39, 0.29) is 6.10 Å². The van der Waals surface area contributed by atoms with Crippen molar-refractivity contribution in [1.29, 1.82) is 0 Å². The van der Waals surface area contributed by atoms with Crippen molar-refractivity contribution in [2.75, 3.05) is 20.2 Å². The van der Waals surface area contributed by atoms with Crippen LogP contribution in [0, 0.1) is 5.41 Å². The number of hydrogen-bond donors (Lipinski definition) is 0. The monoisotopic (exact) mass is 324 g/mol. The molecule has 4 heteroatoms. The lowest BCUT2D eigenvalue weighted by molar-refractivity contribution is -0.125. The van der Waals surface area contributed by atoms with Crippen LogP contribution >= 0.6 is 0 Å². The standard InChI is InChI=1S/C20H24N2O2/c1-3-20-9-14-11-22(12-20)18(10-20)19(24-14)15-6-7-21-17-5-4-13(23-2)8-16(15)17/h4-8,14,18-19H,3,9-12H2,1-2H3/t14-,18-,19-,20-/m0/s1. The molecule has 0 radical (unpaired) electrons. The van der Waals surface area contributed by atoms with Gasteiger partial charge in [0, 0.05) is 30.7 Å². The molecule has 2 aromatic rings. The van der Waals surface area contributed by atoms with E-state index >= 15 is 0 Å². The Morgan fingerprint density at radius 1 is 1.33 bits per heavy atom. The average molecular weight is 324 g/mol. The SMILES string of the molecule is CC[C@@]12C[C@H]3CN(C1)[C@@H](C2)[C@H](c1ccnc2ccc(OC)cc12)O3. The first-order chi connectivity index (χ1) is 11.7. The second-order valence-corrected chi connectivity index (χ2v) is 7.72. The van der Waals surface area contributed by atoms with Crippen molar-refractivity contribution in [1.82, 2.24) is 9.88 Å². The molecule has 4 heterocycles. The molecule has 0 aliphatic carbocycles. The first kappa shape index (κ1) is 14.7. The van der Waals surface area contributed by atoms with Crippen LogP contribution in [0.2, 0.25) is 0 Å². The lowest BCUT2D eigenvalue weighted by Crippen LogP contribution is -2.51. The third-order valence-electron chi connectivity index (χ3n) is 6.48. The molecule has 3 aliphatic heterocycles. The highest BCUT2D eigenvalue weighted by atomic mass is 16.5. The van der Waals surface area contributed by atoms with E-state index in [9.17, 15) is 0 Å². The van der Waals surface area contributed by atoms with Gasteiger partial charge in [0.05, 0.1) is 24.8 Å². The minimum Gasteiger partial charge on any atom is -0.497 e. The molecule has 1 aromatic heterocycles. The minimum absolute atomic E-state index is 0.150. The smallest absolute Gasteiger partial charge is 0.119 e. The van der Waals surface area contributed by atoms with Crippen molar-refractivity contribution in [3.63, 3.8) is 0 Å². The molecule has 4 nitrogen and oxygen atoms in total. The van der Waals surface area contributed by atoms with Crippen molar-refractivity contribution >= 4 is 10.9 Å². The number of rotatable bonds is 3. The van der Waals surface area contributed by atoms with E-state index in [1.807, 2.05) is 18.3 Å². The predicted octanol–water partition coefficient (Wildman–Crippen LogP) is 3.56. The van der Waals surface area contributed by atoms with E-state index < -0.39 is 0 Å². The topological polar surface area (TPSA) is 34.6 Å². The summed E-state index contributed by atoms with van der Waals surface area (Å²) in [5.74, 6) is 0.880. The molecule has 24 heavy (non-hydrogen) atoms. The number of ether oxygens (including phenoxy) is 2. The molecule has 0 amide bonds. The Labute approximate surface area is 142 Å². The molecule has 3 bridgehead atoms. The number of methoxy groups -OCH3 is 1. The van der Waals surface area contributed by atoms with Crippen LogP contribution < -0.4 is 4.74 Å². The van der Waals surface area contributed by atoms with Crippen LogP contribution in [0.25, 0.3) is 10.9 Å². The van der Waals surface area contributed by atoms with Crippen molar-refractivity contribution < 1.29 is 9.47 Å². The summed E-state index contributed by atoms with van der Waals surface area (Å²) in [6.45, 7) is 4.70. The molecular formula is C20H24N2O2. The van der Waals surface area contributed by atoms with E-state index in [2.05, 4.69) is 28.9 Å². The molecule has 3 fully saturated rings. The van der Waals surface area contributed by atoms with Crippen molar-refractivity contribution in [3.8, 4) is 5.75 Å². The van der Waals surface area contributed by atoms with Gasteiger partial charge in [-0.05, 0) is 54.5 Å². The second kappa shape index (κ2) is 5.17. The molecule has 5 rings (SSSR count). The van der Waals surface area contributed by atoms with E-state index in [1.165, 1.54) is 36.8 Å². The Balaban J connectivity index is 1.61. The van der Waals surface area contributed by atoms with Gasteiger partial charge in [0.15, 0.2) is 0 Å². The second-order valence-electron chi connectivity index (χ2n) is 7.72. The van der Waals surface area contributed by atoms with E-state index in [0.717, 1.165) is 17.8 Å². The number of hydrogen-bond acceptors (Lipinski definition) is 4. The van der Waals surface area contributed by atoms with Gasteiger partial charge in [-0.1, -0.05) is 6.92 Å². The fourth-order valence-electron chi connectivity index (χ4n) is 5.23. The largest absolute Gasteiger partial charge is 0.497 e. The van der Waals surface area contributed by atoms with Gasteiger partial charge in [-0.25, -0.2) is 0 Å². The van der Waals surface area contributed by atoms with Crippen molar-refractivity contribution in [3.05, 3.63) is 36.0 Å². The molecule has 126 valence electrons. The maximum atomic E-state index is 6.60. The number of pyridine rings is 1. The van der Waals surface area contributed by atoms with Crippen molar-refractivity contribution in [2.24, 2.45) is 5.41 Å². The van der Waals surface area contributed by atoms with E-state index in [1.54, 1.807) is 7.11 Å². The highest BCUT2D eigenvalue weighted by Gasteiger charge is 2.55. The Kier molecular flexibility index (Phi) is 3.16. The summed E-state index contributed by atoms with van der Waals surface area (Å²) in [5, 5.41) is 1.17. The van der Waals surface area contributed by atoms with Crippen LogP contribution in [-0.4, -0.2) is 42.2 Å². The van der Waals surface area contributed by atoms with Crippen molar-refractivity contribution in [2.45, 2.75) is 44.4 Å². The Morgan fingerprint density at radius 2 is 2.25 bits per heavy atom. The molecule has 3 aliphatic rings. The average Bonchev–Trinajstić information content (AvgIpc) is 2.82. The molecule has 0 saturated carbocycles. The van der Waals surface area contributed by atoms with Gasteiger partial charge in [0.2, 0.25) is 0 Å². The minimum atomic E-state index is 0.150. The van der Waals surface area contributed by atoms with Crippen LogP contribution in [0.1, 0.15) is 37.9 Å². The van der Waals surface area contributed by atoms with Gasteiger partial charge in [0.25, 0.3) is 0 Å². The summed E-state index contributed by atoms with van der Waals surface area (Å²) < 4.78 is 12.0. The molecule has 0 spiro atoms. The van der Waals surface area contributed by atoms with Gasteiger partial charge in [-0.3, -0.25) is 9.88 Å². The molecule has 3 saturated heterocycles. The maximum absolute atomic E-state index is 6.60. The molecule has 1 aromatic carbocycles. The summed E-state index contributed by atoms with van der Waals surface area (Å²) in [7, 11) is 1.72. The summed E-state index contributed by atoms with van der Waals surface area (Å²) in [5.41, 5.74) is 2.76. The highest BCUT2D eigenvalue weighted by Crippen LogP contribution is 2.54. The Hall–Kier alpha value is -1.65. The maximum Gasteiger partial charge on any atom is 0.119 e. The highest BCUT2D eigenvalue weighted by molar-refractivity contribution is 5.84. The fraction of sp³-hybridized carbons (Fsp3) is 0.550. The number of morpholine rings is 1. The number of aromatic nitrogens is 1. The first-order valence-corrected chi connectivity index (χ1v) is 9.03. The van der Waals surface area contributed by atoms with Crippen LogP contribution in [0.5, 0.6) is 5.75 Å². The van der Waals surface area contributed by atoms with Crippen LogP contribution in [0.4, 0.5) is 0 Å². The third kappa shape index (κ3) is 2.02. The van der Waals surface area contributed by atoms with Gasteiger partial charge >= 0.3 is 0 Å². The number of fused-ring (bicyclic) bond motifs is 3. The van der Waals surface area contributed by atoms with E-state index in [4.69, 9.17) is 9.47 Å². The number of nitrogens with zero attached hydrogens (tertiary/aromatic N) is 2. The summed E-state index contributed by atoms with van der Waals surface area (Å²) in [6.07, 6.45) is 6.19. The van der Waals surface area contributed by atoms with Crippen LogP contribution in [-0.2, 0) is 4.74 Å². The Bertz CT molecular complexity index is 792. The molecule has 0 N–H and O–H groups in total. The Morgan fingerprint density at radius 3 is 3.08 bits per heavy atom. The number of benzene rings is 1. The van der Waals surface area contributed by atoms with Gasteiger partial charge in [-0.15, -0.1) is 0 Å². The number of piperidine rings is 1. The quantitative estimate of drug-likeness (QED) is 0.865. The zero-order chi connectivity index (χ0) is 16.3. The molecule has 1 unspecified atom stereocenters. The lowest BCUT2D eigenvalue weighted by Gasteiger charge is -2.44. The van der Waals surface area contributed by atoms with Crippen LogP contribution in [0.3, 0.4) is 0 Å². The fourth-order valence-corrected chi connectivity index (χ4v) is 5.23. The molecular weight excluding hydrogens is 300 g/mol. The predicted molar refractivity (Wildman–Crippen MR) is 93.2 cm³/mol. The first-order valence-electron chi connectivity index (χ1n) is 9.03. The zero-order valence-electron chi connectivity index (χ0n) is 14.4. The summed E-state index contributed by atoms with van der Waals surface area (Å²) in [4.78, 5) is 7.21. The summed E-state index contributed by atoms with van der Waals surface area (Å²) >= 11 is 0.